The highest BCUT2D eigenvalue weighted by Gasteiger charge is 2.10. The van der Waals surface area contributed by atoms with Crippen LogP contribution in [0.4, 0.5) is 5.69 Å². The Balaban J connectivity index is 1.53. The van der Waals surface area contributed by atoms with Gasteiger partial charge in [-0.3, -0.25) is 10.1 Å². The number of nitrogens with one attached hydrogen (secondary N) is 1. The molecule has 2 aromatic heterocycles. The molecule has 0 saturated carbocycles. The third-order valence-corrected chi connectivity index (χ3v) is 4.41. The molecule has 0 bridgehead atoms. The van der Waals surface area contributed by atoms with E-state index in [9.17, 15) is 15.4 Å². The van der Waals surface area contributed by atoms with Crippen LogP contribution in [0, 0.1) is 21.4 Å². The van der Waals surface area contributed by atoms with Crippen LogP contribution in [0.2, 0.25) is 0 Å². The third-order valence-electron chi connectivity index (χ3n) is 4.41. The lowest BCUT2D eigenvalue weighted by Crippen LogP contribution is -1.91. The van der Waals surface area contributed by atoms with Gasteiger partial charge in [0.05, 0.1) is 28.6 Å². The Bertz CT molecular complexity index is 1320. The van der Waals surface area contributed by atoms with Crippen LogP contribution < -0.4 is 9.47 Å². The SMILES string of the molecule is COc1ccc2nc(/C(C#N)=C\c3ccc(Oc4ccc([N+](=O)[O-])cn4)cc3)[nH]c2c1. The number of aromatic nitrogens is 3. The second-order valence-electron chi connectivity index (χ2n) is 6.42. The van der Waals surface area contributed by atoms with E-state index in [1.165, 1.54) is 12.1 Å². The summed E-state index contributed by atoms with van der Waals surface area (Å²) in [4.78, 5) is 21.7. The Kier molecular flexibility index (Phi) is 5.27. The molecule has 0 aliphatic heterocycles. The van der Waals surface area contributed by atoms with E-state index < -0.39 is 4.92 Å². The number of ether oxygens (including phenoxy) is 2. The lowest BCUT2D eigenvalue weighted by Gasteiger charge is -2.04. The van der Waals surface area contributed by atoms with Gasteiger partial charge >= 0.3 is 0 Å². The molecule has 0 unspecified atom stereocenters. The predicted molar refractivity (Wildman–Crippen MR) is 114 cm³/mol. The van der Waals surface area contributed by atoms with Crippen molar-refractivity contribution in [2.24, 2.45) is 0 Å². The Morgan fingerprint density at radius 2 is 1.94 bits per heavy atom. The maximum Gasteiger partial charge on any atom is 0.287 e. The summed E-state index contributed by atoms with van der Waals surface area (Å²) in [6.07, 6.45) is 2.84. The minimum absolute atomic E-state index is 0.110. The Hall–Kier alpha value is -4.71. The van der Waals surface area contributed by atoms with Crippen molar-refractivity contribution in [3.63, 3.8) is 0 Å². The van der Waals surface area contributed by atoms with E-state index in [-0.39, 0.29) is 11.6 Å². The number of aromatic amines is 1. The van der Waals surface area contributed by atoms with E-state index in [0.29, 0.717) is 22.9 Å². The minimum atomic E-state index is -0.525. The van der Waals surface area contributed by atoms with Gasteiger partial charge in [-0.05, 0) is 35.9 Å². The average Bonchev–Trinajstić information content (AvgIpc) is 3.22. The lowest BCUT2D eigenvalue weighted by molar-refractivity contribution is -0.385. The molecule has 0 amide bonds. The van der Waals surface area contributed by atoms with Crippen LogP contribution in [0.3, 0.4) is 0 Å². The highest BCUT2D eigenvalue weighted by atomic mass is 16.6. The van der Waals surface area contributed by atoms with E-state index in [2.05, 4.69) is 21.0 Å². The summed E-state index contributed by atoms with van der Waals surface area (Å²) in [6.45, 7) is 0. The normalized spacial score (nSPS) is 11.2. The molecule has 9 heteroatoms. The van der Waals surface area contributed by atoms with Gasteiger partial charge in [0, 0.05) is 18.2 Å². The molecule has 0 aliphatic carbocycles. The first-order chi connectivity index (χ1) is 15.1. The lowest BCUT2D eigenvalue weighted by atomic mass is 10.1. The molecule has 4 rings (SSSR count). The van der Waals surface area contributed by atoms with E-state index in [0.717, 1.165) is 22.8 Å². The standard InChI is InChI=1S/C22H15N5O4/c1-30-18-7-8-19-20(11-18)26-22(25-19)15(12-23)10-14-2-5-17(6-3-14)31-21-9-4-16(13-24-21)27(28)29/h2-11,13H,1H3,(H,25,26)/b15-10-. The minimum Gasteiger partial charge on any atom is -0.497 e. The van der Waals surface area contributed by atoms with E-state index in [4.69, 9.17) is 9.47 Å². The quantitative estimate of drug-likeness (QED) is 0.275. The number of nitriles is 1. The zero-order valence-electron chi connectivity index (χ0n) is 16.3. The molecular weight excluding hydrogens is 398 g/mol. The van der Waals surface area contributed by atoms with Gasteiger partial charge in [0.2, 0.25) is 5.88 Å². The second-order valence-corrected chi connectivity index (χ2v) is 6.42. The van der Waals surface area contributed by atoms with Crippen LogP contribution in [0.1, 0.15) is 11.4 Å². The number of nitro groups is 1. The summed E-state index contributed by atoms with van der Waals surface area (Å²) in [7, 11) is 1.59. The number of pyridine rings is 1. The topological polar surface area (TPSA) is 127 Å². The average molecular weight is 413 g/mol. The van der Waals surface area contributed by atoms with Crippen LogP contribution in [0.15, 0.2) is 60.8 Å². The van der Waals surface area contributed by atoms with Crippen molar-refractivity contribution in [2.45, 2.75) is 0 Å². The Morgan fingerprint density at radius 1 is 1.16 bits per heavy atom. The number of methoxy groups -OCH3 is 1. The van der Waals surface area contributed by atoms with Gasteiger partial charge in [0.25, 0.3) is 5.69 Å². The van der Waals surface area contributed by atoms with Crippen LogP contribution in [0.5, 0.6) is 17.4 Å². The van der Waals surface area contributed by atoms with Gasteiger partial charge in [0.1, 0.15) is 29.6 Å². The smallest absolute Gasteiger partial charge is 0.287 e. The number of benzene rings is 2. The van der Waals surface area contributed by atoms with Crippen LogP contribution in [-0.2, 0) is 0 Å². The molecular formula is C22H15N5O4. The summed E-state index contributed by atoms with van der Waals surface area (Å²) < 4.78 is 10.8. The zero-order valence-corrected chi connectivity index (χ0v) is 16.3. The van der Waals surface area contributed by atoms with Crippen LogP contribution >= 0.6 is 0 Å². The largest absolute Gasteiger partial charge is 0.497 e. The molecule has 0 spiro atoms. The zero-order chi connectivity index (χ0) is 21.8. The molecule has 0 atom stereocenters. The molecule has 0 aliphatic rings. The molecule has 0 radical (unpaired) electrons. The second kappa shape index (κ2) is 8.34. The first-order valence-corrected chi connectivity index (χ1v) is 9.10. The number of hydrogen-bond acceptors (Lipinski definition) is 7. The fraction of sp³-hybridized carbons (Fsp3) is 0.0455. The van der Waals surface area contributed by atoms with E-state index in [1.54, 1.807) is 43.5 Å². The fourth-order valence-corrected chi connectivity index (χ4v) is 2.86. The van der Waals surface area contributed by atoms with Gasteiger partial charge in [-0.1, -0.05) is 12.1 Å². The number of nitrogens with zero attached hydrogens (tertiary/aromatic N) is 4. The molecule has 0 saturated heterocycles. The van der Waals surface area contributed by atoms with Gasteiger partial charge < -0.3 is 14.5 Å². The number of allylic oxidation sites excluding steroid dienone is 1. The molecule has 152 valence electrons. The fourth-order valence-electron chi connectivity index (χ4n) is 2.86. The highest BCUT2D eigenvalue weighted by molar-refractivity contribution is 5.90. The number of hydrogen-bond donors (Lipinski definition) is 1. The molecule has 9 nitrogen and oxygen atoms in total. The third kappa shape index (κ3) is 4.33. The van der Waals surface area contributed by atoms with Crippen molar-refractivity contribution in [3.8, 4) is 23.4 Å². The van der Waals surface area contributed by atoms with Crippen molar-refractivity contribution < 1.29 is 14.4 Å². The van der Waals surface area contributed by atoms with E-state index >= 15 is 0 Å². The Morgan fingerprint density at radius 3 is 2.58 bits per heavy atom. The van der Waals surface area contributed by atoms with Crippen molar-refractivity contribution in [1.82, 2.24) is 15.0 Å². The van der Waals surface area contributed by atoms with Crippen LogP contribution in [-0.4, -0.2) is 27.0 Å². The number of rotatable bonds is 6. The maximum absolute atomic E-state index is 10.7. The summed E-state index contributed by atoms with van der Waals surface area (Å²) in [5.74, 6) is 1.90. The molecule has 4 aromatic rings. The summed E-state index contributed by atoms with van der Waals surface area (Å²) in [6, 6.07) is 17.4. The van der Waals surface area contributed by atoms with Gasteiger partial charge in [-0.2, -0.15) is 5.26 Å². The van der Waals surface area contributed by atoms with E-state index in [1.807, 2.05) is 12.1 Å². The Labute approximate surface area is 176 Å². The summed E-state index contributed by atoms with van der Waals surface area (Å²) in [5.41, 5.74) is 2.55. The predicted octanol–water partition coefficient (Wildman–Crippen LogP) is 4.73. The maximum atomic E-state index is 10.7. The van der Waals surface area contributed by atoms with Gasteiger partial charge in [0.15, 0.2) is 0 Å². The molecule has 0 fully saturated rings. The molecule has 31 heavy (non-hydrogen) atoms. The molecule has 2 aromatic carbocycles. The summed E-state index contributed by atoms with van der Waals surface area (Å²) in [5, 5.41) is 20.3. The monoisotopic (exact) mass is 413 g/mol. The molecule has 2 heterocycles. The van der Waals surface area contributed by atoms with Crippen molar-refractivity contribution in [1.29, 1.82) is 5.26 Å². The van der Waals surface area contributed by atoms with Gasteiger partial charge in [-0.25, -0.2) is 9.97 Å². The van der Waals surface area contributed by atoms with Crippen molar-refractivity contribution >= 4 is 28.4 Å². The number of H-pyrrole nitrogens is 1. The molecule has 1 N–H and O–H groups in total. The highest BCUT2D eigenvalue weighted by Crippen LogP contribution is 2.25. The van der Waals surface area contributed by atoms with Crippen LogP contribution in [0.25, 0.3) is 22.7 Å². The first kappa shape index (κ1) is 19.6. The van der Waals surface area contributed by atoms with Crippen molar-refractivity contribution in [3.05, 3.63) is 82.3 Å². The first-order valence-electron chi connectivity index (χ1n) is 9.10. The summed E-state index contributed by atoms with van der Waals surface area (Å²) >= 11 is 0. The van der Waals surface area contributed by atoms with Crippen molar-refractivity contribution in [2.75, 3.05) is 7.11 Å². The number of imidazole rings is 1. The number of fused-ring (bicyclic) bond motifs is 1. The van der Waals surface area contributed by atoms with Gasteiger partial charge in [-0.15, -0.1) is 0 Å².